The van der Waals surface area contributed by atoms with Crippen LogP contribution in [0.1, 0.15) is 17.3 Å². The van der Waals surface area contributed by atoms with Gasteiger partial charge in [-0.2, -0.15) is 0 Å². The molecule has 0 amide bonds. The molecule has 0 atom stereocenters. The average molecular weight is 207 g/mol. The Kier molecular flexibility index (Phi) is 2.29. The lowest BCUT2D eigenvalue weighted by atomic mass is 10.1. The fourth-order valence-corrected chi connectivity index (χ4v) is 1.58. The van der Waals surface area contributed by atoms with Crippen LogP contribution < -0.4 is 0 Å². The zero-order chi connectivity index (χ0) is 10.1. The van der Waals surface area contributed by atoms with E-state index in [9.17, 15) is 4.79 Å². The first-order valence-corrected chi connectivity index (χ1v) is 5.38. The van der Waals surface area contributed by atoms with Crippen LogP contribution in [0.3, 0.4) is 0 Å². The second-order valence-corrected chi connectivity index (χ2v) is 3.68. The van der Waals surface area contributed by atoms with E-state index in [4.69, 9.17) is 4.42 Å². The Labute approximate surface area is 85.5 Å². The van der Waals surface area contributed by atoms with Gasteiger partial charge in [-0.25, -0.2) is 4.98 Å². The molecule has 0 saturated heterocycles. The highest BCUT2D eigenvalue weighted by Gasteiger charge is 2.06. The lowest BCUT2D eigenvalue weighted by Crippen LogP contribution is -1.90. The van der Waals surface area contributed by atoms with E-state index in [1.165, 1.54) is 18.7 Å². The van der Waals surface area contributed by atoms with Crippen molar-refractivity contribution in [3.05, 3.63) is 23.8 Å². The quantitative estimate of drug-likeness (QED) is 0.561. The summed E-state index contributed by atoms with van der Waals surface area (Å²) in [6.07, 6.45) is 1.90. The van der Waals surface area contributed by atoms with Crippen molar-refractivity contribution in [2.45, 2.75) is 12.1 Å². The molecule has 1 heterocycles. The van der Waals surface area contributed by atoms with Crippen LogP contribution in [-0.2, 0) is 0 Å². The summed E-state index contributed by atoms with van der Waals surface area (Å²) >= 11 is 1.45. The fraction of sp³-hybridized carbons (Fsp3) is 0.200. The smallest absolute Gasteiger partial charge is 0.256 e. The molecule has 4 heteroatoms. The minimum atomic E-state index is 0.0422. The largest absolute Gasteiger partial charge is 0.431 e. The van der Waals surface area contributed by atoms with Crippen molar-refractivity contribution in [3.63, 3.8) is 0 Å². The van der Waals surface area contributed by atoms with E-state index in [2.05, 4.69) is 4.98 Å². The molecular formula is C10H9NO2S. The molecule has 0 fully saturated rings. The van der Waals surface area contributed by atoms with Crippen LogP contribution >= 0.6 is 11.8 Å². The highest BCUT2D eigenvalue weighted by molar-refractivity contribution is 7.98. The third kappa shape index (κ3) is 1.53. The number of ketones is 1. The molecule has 0 spiro atoms. The molecule has 2 aromatic rings. The second kappa shape index (κ2) is 3.46. The summed E-state index contributed by atoms with van der Waals surface area (Å²) in [7, 11) is 0. The lowest BCUT2D eigenvalue weighted by Gasteiger charge is -1.92. The van der Waals surface area contributed by atoms with Crippen LogP contribution in [0, 0.1) is 0 Å². The normalized spacial score (nSPS) is 10.7. The number of hydrogen-bond acceptors (Lipinski definition) is 4. The molecule has 0 aliphatic carbocycles. The van der Waals surface area contributed by atoms with Crippen molar-refractivity contribution >= 4 is 28.6 Å². The third-order valence-corrected chi connectivity index (χ3v) is 2.47. The molecule has 0 unspecified atom stereocenters. The highest BCUT2D eigenvalue weighted by atomic mass is 32.2. The Morgan fingerprint density at radius 3 is 2.93 bits per heavy atom. The van der Waals surface area contributed by atoms with Crippen LogP contribution in [0.25, 0.3) is 11.1 Å². The van der Waals surface area contributed by atoms with Crippen molar-refractivity contribution in [3.8, 4) is 0 Å². The van der Waals surface area contributed by atoms with Gasteiger partial charge in [-0.1, -0.05) is 11.8 Å². The van der Waals surface area contributed by atoms with Gasteiger partial charge in [0.2, 0.25) is 0 Å². The van der Waals surface area contributed by atoms with Gasteiger partial charge in [-0.3, -0.25) is 4.79 Å². The van der Waals surface area contributed by atoms with Crippen molar-refractivity contribution in [1.29, 1.82) is 0 Å². The number of thioether (sulfide) groups is 1. The number of carbonyl (C=O) groups excluding carboxylic acids is 1. The molecule has 1 aromatic carbocycles. The number of benzene rings is 1. The van der Waals surface area contributed by atoms with E-state index in [-0.39, 0.29) is 5.78 Å². The van der Waals surface area contributed by atoms with Crippen LogP contribution in [0.4, 0.5) is 0 Å². The molecule has 2 rings (SSSR count). The minimum absolute atomic E-state index is 0.0422. The summed E-state index contributed by atoms with van der Waals surface area (Å²) in [4.78, 5) is 15.3. The van der Waals surface area contributed by atoms with E-state index >= 15 is 0 Å². The summed E-state index contributed by atoms with van der Waals surface area (Å²) in [5, 5.41) is 0.626. The van der Waals surface area contributed by atoms with E-state index in [0.717, 1.165) is 11.1 Å². The lowest BCUT2D eigenvalue weighted by molar-refractivity contribution is 0.101. The summed E-state index contributed by atoms with van der Waals surface area (Å²) in [6.45, 7) is 1.54. The second-order valence-electron chi connectivity index (χ2n) is 2.92. The first-order valence-electron chi connectivity index (χ1n) is 4.16. The molecule has 0 radical (unpaired) electrons. The third-order valence-electron chi connectivity index (χ3n) is 1.95. The minimum Gasteiger partial charge on any atom is -0.431 e. The van der Waals surface area contributed by atoms with Gasteiger partial charge in [-0.05, 0) is 31.4 Å². The van der Waals surface area contributed by atoms with Gasteiger partial charge in [0.15, 0.2) is 11.4 Å². The maximum absolute atomic E-state index is 11.1. The predicted octanol–water partition coefficient (Wildman–Crippen LogP) is 2.75. The number of fused-ring (bicyclic) bond motifs is 1. The summed E-state index contributed by atoms with van der Waals surface area (Å²) in [6, 6.07) is 5.28. The SMILES string of the molecule is CSc1nc2cc(C(C)=O)ccc2o1. The average Bonchev–Trinajstić information content (AvgIpc) is 2.58. The monoisotopic (exact) mass is 207 g/mol. The number of Topliss-reactive ketones (excluding diaryl/α,β-unsaturated/α-hetero) is 1. The molecule has 0 aliphatic rings. The van der Waals surface area contributed by atoms with Gasteiger partial charge in [-0.15, -0.1) is 0 Å². The van der Waals surface area contributed by atoms with Crippen molar-refractivity contribution in [2.24, 2.45) is 0 Å². The molecule has 0 N–H and O–H groups in total. The van der Waals surface area contributed by atoms with Crippen LogP contribution in [-0.4, -0.2) is 17.0 Å². The van der Waals surface area contributed by atoms with Gasteiger partial charge >= 0.3 is 0 Å². The Morgan fingerprint density at radius 1 is 1.50 bits per heavy atom. The summed E-state index contributed by atoms with van der Waals surface area (Å²) < 4.78 is 5.39. The predicted molar refractivity (Wildman–Crippen MR) is 55.8 cm³/mol. The molecule has 14 heavy (non-hydrogen) atoms. The van der Waals surface area contributed by atoms with Gasteiger partial charge < -0.3 is 4.42 Å². The van der Waals surface area contributed by atoms with E-state index < -0.39 is 0 Å². The molecule has 0 aliphatic heterocycles. The maximum atomic E-state index is 11.1. The molecule has 0 bridgehead atoms. The van der Waals surface area contributed by atoms with Crippen molar-refractivity contribution in [2.75, 3.05) is 6.26 Å². The first-order chi connectivity index (χ1) is 6.70. The Bertz CT molecular complexity index is 490. The Hall–Kier alpha value is -1.29. The number of hydrogen-bond donors (Lipinski definition) is 0. The molecule has 3 nitrogen and oxygen atoms in total. The van der Waals surface area contributed by atoms with E-state index in [0.29, 0.717) is 10.8 Å². The Balaban J connectivity index is 2.59. The first kappa shape index (κ1) is 9.27. The van der Waals surface area contributed by atoms with Crippen LogP contribution in [0.2, 0.25) is 0 Å². The van der Waals surface area contributed by atoms with Crippen molar-refractivity contribution < 1.29 is 9.21 Å². The number of rotatable bonds is 2. The van der Waals surface area contributed by atoms with Crippen LogP contribution in [0.15, 0.2) is 27.8 Å². The molecule has 72 valence electrons. The van der Waals surface area contributed by atoms with Gasteiger partial charge in [0, 0.05) is 5.56 Å². The van der Waals surface area contributed by atoms with E-state index in [1.807, 2.05) is 6.26 Å². The molecular weight excluding hydrogens is 198 g/mol. The van der Waals surface area contributed by atoms with Gasteiger partial charge in [0.05, 0.1) is 0 Å². The van der Waals surface area contributed by atoms with Crippen molar-refractivity contribution in [1.82, 2.24) is 4.98 Å². The maximum Gasteiger partial charge on any atom is 0.256 e. The number of aromatic nitrogens is 1. The van der Waals surface area contributed by atoms with E-state index in [1.54, 1.807) is 18.2 Å². The molecule has 1 aromatic heterocycles. The molecule has 0 saturated carbocycles. The van der Waals surface area contributed by atoms with Gasteiger partial charge in [0.1, 0.15) is 5.52 Å². The van der Waals surface area contributed by atoms with Gasteiger partial charge in [0.25, 0.3) is 5.22 Å². The summed E-state index contributed by atoms with van der Waals surface area (Å²) in [5.74, 6) is 0.0422. The number of carbonyl (C=O) groups is 1. The standard InChI is InChI=1S/C10H9NO2S/c1-6(12)7-3-4-9-8(5-7)11-10(13-9)14-2/h3-5H,1-2H3. The topological polar surface area (TPSA) is 43.1 Å². The zero-order valence-electron chi connectivity index (χ0n) is 7.90. The fourth-order valence-electron chi connectivity index (χ4n) is 1.21. The van der Waals surface area contributed by atoms with Crippen LogP contribution in [0.5, 0.6) is 0 Å². The zero-order valence-corrected chi connectivity index (χ0v) is 8.72. The highest BCUT2D eigenvalue weighted by Crippen LogP contribution is 2.22. The number of oxazole rings is 1. The number of nitrogens with zero attached hydrogens (tertiary/aromatic N) is 1. The summed E-state index contributed by atoms with van der Waals surface area (Å²) in [5.41, 5.74) is 2.12. The Morgan fingerprint density at radius 2 is 2.29 bits per heavy atom.